The van der Waals surface area contributed by atoms with Gasteiger partial charge >= 0.3 is 5.97 Å². The van der Waals surface area contributed by atoms with Crippen molar-refractivity contribution in [2.24, 2.45) is 0 Å². The first kappa shape index (κ1) is 13.3. The van der Waals surface area contributed by atoms with E-state index in [-0.39, 0.29) is 18.7 Å². The summed E-state index contributed by atoms with van der Waals surface area (Å²) in [5, 5.41) is 9.95. The van der Waals surface area contributed by atoms with Gasteiger partial charge in [0, 0.05) is 18.1 Å². The van der Waals surface area contributed by atoms with Crippen molar-refractivity contribution in [1.82, 2.24) is 0 Å². The largest absolute Gasteiger partial charge is 0.455 e. The number of esters is 1. The van der Waals surface area contributed by atoms with Crippen molar-refractivity contribution in [2.45, 2.75) is 31.0 Å². The van der Waals surface area contributed by atoms with Gasteiger partial charge in [0.2, 0.25) is 0 Å². The lowest BCUT2D eigenvalue weighted by Gasteiger charge is -2.34. The predicted octanol–water partition coefficient (Wildman–Crippen LogP) is 1.33. The molecule has 5 nitrogen and oxygen atoms in total. The normalized spacial score (nSPS) is 33.1. The average molecular weight is 276 g/mol. The van der Waals surface area contributed by atoms with Crippen LogP contribution in [0.3, 0.4) is 0 Å². The monoisotopic (exact) mass is 276 g/mol. The lowest BCUT2D eigenvalue weighted by Crippen LogP contribution is -2.42. The Morgan fingerprint density at radius 3 is 2.75 bits per heavy atom. The standard InChI is InChI=1S/C15H16O5/c16-12-9-18-15(10-4-2-1-3-5-10)20-13(12)8-11-6-7-14(17)19-11/h1-7,11-13,15-16H,8-9H2/t11-,12-,13-,15+/m1/s1. The Hall–Kier alpha value is -1.69. The van der Waals surface area contributed by atoms with E-state index in [0.717, 1.165) is 5.56 Å². The Morgan fingerprint density at radius 2 is 2.05 bits per heavy atom. The Kier molecular flexibility index (Phi) is 3.82. The second kappa shape index (κ2) is 5.75. The molecule has 0 saturated carbocycles. The molecule has 1 saturated heterocycles. The molecule has 0 bridgehead atoms. The van der Waals surface area contributed by atoms with E-state index in [0.29, 0.717) is 6.42 Å². The molecule has 0 aromatic heterocycles. The third-order valence-corrected chi connectivity index (χ3v) is 3.40. The van der Waals surface area contributed by atoms with E-state index in [2.05, 4.69) is 0 Å². The number of hydrogen-bond acceptors (Lipinski definition) is 5. The Bertz CT molecular complexity index is 498. The minimum absolute atomic E-state index is 0.203. The van der Waals surface area contributed by atoms with Gasteiger partial charge in [-0.25, -0.2) is 4.79 Å². The number of carbonyl (C=O) groups is 1. The maximum absolute atomic E-state index is 11.0. The molecule has 2 heterocycles. The molecule has 20 heavy (non-hydrogen) atoms. The lowest BCUT2D eigenvalue weighted by molar-refractivity contribution is -0.260. The summed E-state index contributed by atoms with van der Waals surface area (Å²) in [4.78, 5) is 11.0. The lowest BCUT2D eigenvalue weighted by atomic mass is 10.1. The maximum Gasteiger partial charge on any atom is 0.331 e. The zero-order valence-electron chi connectivity index (χ0n) is 10.8. The van der Waals surface area contributed by atoms with Gasteiger partial charge in [0.05, 0.1) is 12.7 Å². The van der Waals surface area contributed by atoms with Gasteiger partial charge in [0.15, 0.2) is 6.29 Å². The van der Waals surface area contributed by atoms with E-state index in [1.807, 2.05) is 30.3 Å². The van der Waals surface area contributed by atoms with Crippen LogP contribution in [0.2, 0.25) is 0 Å². The van der Waals surface area contributed by atoms with Gasteiger partial charge in [-0.2, -0.15) is 0 Å². The van der Waals surface area contributed by atoms with Gasteiger partial charge in [0.25, 0.3) is 0 Å². The Balaban J connectivity index is 1.64. The molecule has 0 spiro atoms. The molecular weight excluding hydrogens is 260 g/mol. The summed E-state index contributed by atoms with van der Waals surface area (Å²) < 4.78 is 16.3. The molecule has 1 N–H and O–H groups in total. The van der Waals surface area contributed by atoms with Crippen molar-refractivity contribution in [3.63, 3.8) is 0 Å². The van der Waals surface area contributed by atoms with E-state index in [9.17, 15) is 9.90 Å². The van der Waals surface area contributed by atoms with Crippen molar-refractivity contribution in [3.05, 3.63) is 48.0 Å². The molecule has 1 aromatic rings. The van der Waals surface area contributed by atoms with Crippen LogP contribution in [0.4, 0.5) is 0 Å². The highest BCUT2D eigenvalue weighted by Crippen LogP contribution is 2.29. The van der Waals surface area contributed by atoms with Gasteiger partial charge < -0.3 is 19.3 Å². The number of ether oxygens (including phenoxy) is 3. The van der Waals surface area contributed by atoms with Crippen LogP contribution in [-0.2, 0) is 19.0 Å². The van der Waals surface area contributed by atoms with E-state index >= 15 is 0 Å². The summed E-state index contributed by atoms with van der Waals surface area (Å²) >= 11 is 0. The average Bonchev–Trinajstić information content (AvgIpc) is 2.88. The molecule has 0 radical (unpaired) electrons. The summed E-state index contributed by atoms with van der Waals surface area (Å²) in [6, 6.07) is 9.55. The summed E-state index contributed by atoms with van der Waals surface area (Å²) in [5.41, 5.74) is 0.906. The van der Waals surface area contributed by atoms with E-state index in [1.165, 1.54) is 6.08 Å². The summed E-state index contributed by atoms with van der Waals surface area (Å²) in [6.45, 7) is 0.203. The molecule has 3 rings (SSSR count). The van der Waals surface area contributed by atoms with Crippen molar-refractivity contribution in [2.75, 3.05) is 6.61 Å². The van der Waals surface area contributed by atoms with Crippen molar-refractivity contribution in [1.29, 1.82) is 0 Å². The van der Waals surface area contributed by atoms with E-state index < -0.39 is 18.5 Å². The van der Waals surface area contributed by atoms with Crippen LogP contribution in [0.25, 0.3) is 0 Å². The molecular formula is C15H16O5. The fraction of sp³-hybridized carbons (Fsp3) is 0.400. The highest BCUT2D eigenvalue weighted by atomic mass is 16.7. The first-order chi connectivity index (χ1) is 9.72. The minimum atomic E-state index is -0.720. The number of aliphatic hydroxyl groups is 1. The fourth-order valence-electron chi connectivity index (χ4n) is 2.35. The zero-order valence-corrected chi connectivity index (χ0v) is 10.8. The summed E-state index contributed by atoms with van der Waals surface area (Å²) in [5.74, 6) is -0.351. The van der Waals surface area contributed by atoms with Gasteiger partial charge in [-0.1, -0.05) is 30.3 Å². The molecule has 2 aliphatic heterocycles. The molecule has 0 aliphatic carbocycles. The van der Waals surface area contributed by atoms with Crippen LogP contribution in [0, 0.1) is 0 Å². The maximum atomic E-state index is 11.0. The quantitative estimate of drug-likeness (QED) is 0.844. The molecule has 106 valence electrons. The second-order valence-corrected chi connectivity index (χ2v) is 4.89. The Labute approximate surface area is 116 Å². The number of aliphatic hydroxyl groups excluding tert-OH is 1. The topological polar surface area (TPSA) is 65.0 Å². The van der Waals surface area contributed by atoms with Crippen LogP contribution in [-0.4, -0.2) is 36.0 Å². The molecule has 1 aromatic carbocycles. The van der Waals surface area contributed by atoms with Crippen LogP contribution in [0.5, 0.6) is 0 Å². The molecule has 2 aliphatic rings. The van der Waals surface area contributed by atoms with Crippen LogP contribution >= 0.6 is 0 Å². The third-order valence-electron chi connectivity index (χ3n) is 3.40. The molecule has 4 atom stereocenters. The van der Waals surface area contributed by atoms with Crippen LogP contribution in [0.15, 0.2) is 42.5 Å². The van der Waals surface area contributed by atoms with Crippen molar-refractivity contribution in [3.8, 4) is 0 Å². The summed E-state index contributed by atoms with van der Waals surface area (Å²) in [7, 11) is 0. The van der Waals surface area contributed by atoms with Gasteiger partial charge in [0.1, 0.15) is 12.2 Å². The third kappa shape index (κ3) is 2.90. The van der Waals surface area contributed by atoms with Crippen molar-refractivity contribution >= 4 is 5.97 Å². The number of rotatable bonds is 3. The SMILES string of the molecule is O=C1C=C[C@H](C[C@H]2O[C@@H](c3ccccc3)OC[C@H]2O)O1. The Morgan fingerprint density at radius 1 is 1.25 bits per heavy atom. The molecule has 0 amide bonds. The smallest absolute Gasteiger partial charge is 0.331 e. The number of benzene rings is 1. The highest BCUT2D eigenvalue weighted by Gasteiger charge is 2.34. The van der Waals surface area contributed by atoms with Crippen LogP contribution < -0.4 is 0 Å². The zero-order chi connectivity index (χ0) is 13.9. The minimum Gasteiger partial charge on any atom is -0.455 e. The van der Waals surface area contributed by atoms with E-state index in [4.69, 9.17) is 14.2 Å². The molecule has 1 fully saturated rings. The fourth-order valence-corrected chi connectivity index (χ4v) is 2.35. The summed E-state index contributed by atoms with van der Waals surface area (Å²) in [6.07, 6.45) is 1.53. The number of cyclic esters (lactones) is 1. The predicted molar refractivity (Wildman–Crippen MR) is 69.7 cm³/mol. The molecule has 5 heteroatoms. The van der Waals surface area contributed by atoms with Gasteiger partial charge in [-0.15, -0.1) is 0 Å². The first-order valence-electron chi connectivity index (χ1n) is 6.61. The van der Waals surface area contributed by atoms with Gasteiger partial charge in [-0.05, 0) is 6.08 Å². The molecule has 0 unspecified atom stereocenters. The van der Waals surface area contributed by atoms with E-state index in [1.54, 1.807) is 6.08 Å². The van der Waals surface area contributed by atoms with Crippen molar-refractivity contribution < 1.29 is 24.1 Å². The second-order valence-electron chi connectivity index (χ2n) is 4.89. The number of carbonyl (C=O) groups excluding carboxylic acids is 1. The van der Waals surface area contributed by atoms with Gasteiger partial charge in [-0.3, -0.25) is 0 Å². The van der Waals surface area contributed by atoms with Crippen LogP contribution in [0.1, 0.15) is 18.3 Å². The highest BCUT2D eigenvalue weighted by molar-refractivity contribution is 5.84. The number of hydrogen-bond donors (Lipinski definition) is 1. The first-order valence-corrected chi connectivity index (χ1v) is 6.61.